The number of rotatable bonds is 3. The summed E-state index contributed by atoms with van der Waals surface area (Å²) in [5, 5.41) is 12.9. The van der Waals surface area contributed by atoms with Crippen molar-refractivity contribution in [3.63, 3.8) is 0 Å². The highest BCUT2D eigenvalue weighted by Gasteiger charge is 2.03. The Bertz CT molecular complexity index is 169. The molecule has 0 saturated carbocycles. The molecule has 1 atom stereocenters. The van der Waals surface area contributed by atoms with E-state index < -0.39 is 0 Å². The van der Waals surface area contributed by atoms with Gasteiger partial charge in [-0.15, -0.1) is 0 Å². The van der Waals surface area contributed by atoms with Crippen LogP contribution in [0.15, 0.2) is 16.8 Å². The maximum Gasteiger partial charge on any atom is 0.0436 e. The first-order chi connectivity index (χ1) is 4.84. The van der Waals surface area contributed by atoms with Crippen LogP contribution in [0.1, 0.15) is 24.8 Å². The minimum atomic E-state index is 0.289. The van der Waals surface area contributed by atoms with Crippen molar-refractivity contribution >= 4 is 11.3 Å². The molecule has 0 unspecified atom stereocenters. The topological polar surface area (TPSA) is 20.2 Å². The van der Waals surface area contributed by atoms with E-state index >= 15 is 0 Å². The molecule has 0 aliphatic carbocycles. The van der Waals surface area contributed by atoms with Crippen LogP contribution in [0.5, 0.6) is 0 Å². The van der Waals surface area contributed by atoms with Crippen LogP contribution in [-0.2, 0) is 0 Å². The number of thiophene rings is 1. The van der Waals surface area contributed by atoms with Crippen molar-refractivity contribution in [2.45, 2.75) is 19.3 Å². The zero-order valence-electron chi connectivity index (χ0n) is 6.08. The lowest BCUT2D eigenvalue weighted by Gasteiger charge is -2.05. The number of aliphatic hydroxyl groups excluding tert-OH is 1. The van der Waals surface area contributed by atoms with Crippen LogP contribution in [0, 0.1) is 0 Å². The molecule has 0 aliphatic rings. The van der Waals surface area contributed by atoms with E-state index in [1.165, 1.54) is 5.56 Å². The molecule has 1 nitrogen and oxygen atoms in total. The van der Waals surface area contributed by atoms with E-state index in [0.717, 1.165) is 6.42 Å². The molecule has 0 bridgehead atoms. The summed E-state index contributed by atoms with van der Waals surface area (Å²) in [6.45, 7) is 2.43. The third-order valence-electron chi connectivity index (χ3n) is 1.67. The highest BCUT2D eigenvalue weighted by atomic mass is 32.1. The van der Waals surface area contributed by atoms with Crippen molar-refractivity contribution in [1.29, 1.82) is 0 Å². The fourth-order valence-electron chi connectivity index (χ4n) is 0.916. The lowest BCUT2D eigenvalue weighted by Crippen LogP contribution is -1.93. The van der Waals surface area contributed by atoms with Gasteiger partial charge in [0.05, 0.1) is 0 Å². The highest BCUT2D eigenvalue weighted by molar-refractivity contribution is 7.07. The molecule has 2 heteroatoms. The smallest absolute Gasteiger partial charge is 0.0436 e. The number of hydrogen-bond donors (Lipinski definition) is 1. The van der Waals surface area contributed by atoms with Crippen molar-refractivity contribution in [2.75, 3.05) is 6.61 Å². The summed E-state index contributed by atoms with van der Waals surface area (Å²) in [4.78, 5) is 0. The fourth-order valence-corrected chi connectivity index (χ4v) is 1.70. The van der Waals surface area contributed by atoms with Gasteiger partial charge in [0.25, 0.3) is 0 Å². The molecule has 0 aromatic carbocycles. The Morgan fingerprint density at radius 1 is 1.70 bits per heavy atom. The van der Waals surface area contributed by atoms with Crippen LogP contribution in [0.3, 0.4) is 0 Å². The average Bonchev–Trinajstić information content (AvgIpc) is 2.38. The van der Waals surface area contributed by atoms with Crippen LogP contribution in [0.4, 0.5) is 0 Å². The predicted molar refractivity (Wildman–Crippen MR) is 44.4 cm³/mol. The van der Waals surface area contributed by atoms with Crippen molar-refractivity contribution in [3.05, 3.63) is 22.4 Å². The lowest BCUT2D eigenvalue weighted by molar-refractivity contribution is 0.279. The van der Waals surface area contributed by atoms with Gasteiger partial charge in [0.15, 0.2) is 0 Å². The van der Waals surface area contributed by atoms with Gasteiger partial charge in [-0.1, -0.05) is 6.92 Å². The second kappa shape index (κ2) is 3.74. The van der Waals surface area contributed by atoms with Crippen LogP contribution in [0.2, 0.25) is 0 Å². The molecular formula is C8H12OS. The normalized spacial score (nSPS) is 13.4. The maximum atomic E-state index is 8.64. The van der Waals surface area contributed by atoms with E-state index in [2.05, 4.69) is 23.8 Å². The molecule has 0 spiro atoms. The minimum Gasteiger partial charge on any atom is -0.396 e. The van der Waals surface area contributed by atoms with Gasteiger partial charge < -0.3 is 5.11 Å². The molecule has 1 rings (SSSR count). The summed E-state index contributed by atoms with van der Waals surface area (Å²) in [7, 11) is 0. The Morgan fingerprint density at radius 2 is 2.50 bits per heavy atom. The molecular weight excluding hydrogens is 144 g/mol. The van der Waals surface area contributed by atoms with Gasteiger partial charge >= 0.3 is 0 Å². The van der Waals surface area contributed by atoms with E-state index in [9.17, 15) is 0 Å². The zero-order valence-corrected chi connectivity index (χ0v) is 6.90. The Kier molecular flexibility index (Phi) is 2.90. The third-order valence-corrected chi connectivity index (χ3v) is 2.38. The van der Waals surface area contributed by atoms with E-state index in [1.54, 1.807) is 11.3 Å². The van der Waals surface area contributed by atoms with Crippen molar-refractivity contribution in [1.82, 2.24) is 0 Å². The first-order valence-electron chi connectivity index (χ1n) is 3.47. The van der Waals surface area contributed by atoms with Crippen molar-refractivity contribution in [3.8, 4) is 0 Å². The summed E-state index contributed by atoms with van der Waals surface area (Å²) >= 11 is 1.71. The summed E-state index contributed by atoms with van der Waals surface area (Å²) in [6, 6.07) is 2.12. The standard InChI is InChI=1S/C8H12OS/c1-7(2-4-9)8-3-5-10-6-8/h3,5-7,9H,2,4H2,1H3/t7-/m1/s1. The molecule has 0 aliphatic heterocycles. The number of aliphatic hydroxyl groups is 1. The fraction of sp³-hybridized carbons (Fsp3) is 0.500. The molecule has 0 radical (unpaired) electrons. The second-order valence-corrected chi connectivity index (χ2v) is 3.25. The Hall–Kier alpha value is -0.340. The molecule has 10 heavy (non-hydrogen) atoms. The highest BCUT2D eigenvalue weighted by Crippen LogP contribution is 2.20. The molecule has 56 valence electrons. The Labute approximate surface area is 65.3 Å². The minimum absolute atomic E-state index is 0.289. The van der Waals surface area contributed by atoms with Gasteiger partial charge in [0.2, 0.25) is 0 Å². The molecule has 0 fully saturated rings. The van der Waals surface area contributed by atoms with Gasteiger partial charge in [-0.25, -0.2) is 0 Å². The van der Waals surface area contributed by atoms with E-state index in [0.29, 0.717) is 5.92 Å². The Balaban J connectivity index is 2.50. The molecule has 0 amide bonds. The van der Waals surface area contributed by atoms with Gasteiger partial charge in [-0.3, -0.25) is 0 Å². The SMILES string of the molecule is C[C@H](CCO)c1ccsc1. The van der Waals surface area contributed by atoms with Crippen molar-refractivity contribution < 1.29 is 5.11 Å². The summed E-state index contributed by atoms with van der Waals surface area (Å²) in [6.07, 6.45) is 0.872. The average molecular weight is 156 g/mol. The van der Waals surface area contributed by atoms with E-state index in [1.807, 2.05) is 0 Å². The van der Waals surface area contributed by atoms with Gasteiger partial charge in [0, 0.05) is 6.61 Å². The first kappa shape index (κ1) is 7.76. The second-order valence-electron chi connectivity index (χ2n) is 2.47. The van der Waals surface area contributed by atoms with Crippen molar-refractivity contribution in [2.24, 2.45) is 0 Å². The third kappa shape index (κ3) is 1.82. The van der Waals surface area contributed by atoms with Crippen LogP contribution in [0.25, 0.3) is 0 Å². The maximum absolute atomic E-state index is 8.64. The van der Waals surface area contributed by atoms with Crippen LogP contribution < -0.4 is 0 Å². The molecule has 1 aromatic heterocycles. The first-order valence-corrected chi connectivity index (χ1v) is 4.42. The summed E-state index contributed by atoms with van der Waals surface area (Å²) in [5.74, 6) is 0.510. The van der Waals surface area contributed by atoms with E-state index in [-0.39, 0.29) is 6.61 Å². The largest absolute Gasteiger partial charge is 0.396 e. The van der Waals surface area contributed by atoms with Gasteiger partial charge in [0.1, 0.15) is 0 Å². The van der Waals surface area contributed by atoms with E-state index in [4.69, 9.17) is 5.11 Å². The molecule has 0 saturated heterocycles. The molecule has 1 heterocycles. The quantitative estimate of drug-likeness (QED) is 0.711. The lowest BCUT2D eigenvalue weighted by atomic mass is 10.0. The van der Waals surface area contributed by atoms with Crippen LogP contribution in [-0.4, -0.2) is 11.7 Å². The molecule has 1 N–H and O–H groups in total. The van der Waals surface area contributed by atoms with Crippen LogP contribution >= 0.6 is 11.3 Å². The molecule has 1 aromatic rings. The van der Waals surface area contributed by atoms with Gasteiger partial charge in [-0.2, -0.15) is 11.3 Å². The monoisotopic (exact) mass is 156 g/mol. The summed E-state index contributed by atoms with van der Waals surface area (Å²) in [5.41, 5.74) is 1.35. The summed E-state index contributed by atoms with van der Waals surface area (Å²) < 4.78 is 0. The Morgan fingerprint density at radius 3 is 3.00 bits per heavy atom. The number of hydrogen-bond acceptors (Lipinski definition) is 2. The van der Waals surface area contributed by atoms with Gasteiger partial charge in [-0.05, 0) is 34.7 Å². The predicted octanol–water partition coefficient (Wildman–Crippen LogP) is 2.23. The zero-order chi connectivity index (χ0) is 7.40.